The Labute approximate surface area is 260 Å². The van der Waals surface area contributed by atoms with Crippen molar-refractivity contribution in [3.63, 3.8) is 0 Å². The van der Waals surface area contributed by atoms with Crippen LogP contribution in [0.2, 0.25) is 0 Å². The molecule has 1 radical (unpaired) electrons. The molecule has 0 amide bonds. The number of pyridine rings is 2. The minimum Gasteiger partial charge on any atom is -0.501 e. The minimum atomic E-state index is 0. The van der Waals surface area contributed by atoms with E-state index >= 15 is 0 Å². The molecule has 0 aliphatic heterocycles. The van der Waals surface area contributed by atoms with E-state index < -0.39 is 0 Å². The molecule has 42 heavy (non-hydrogen) atoms. The molecule has 0 bridgehead atoms. The van der Waals surface area contributed by atoms with Gasteiger partial charge in [-0.25, -0.2) is 0 Å². The molecule has 0 unspecified atom stereocenters. The number of rotatable bonds is 3. The SMILES string of the molecule is Cc1[c-]c(-c2ncc(C3CCCC3)c3ccccc23)c2oc3ccccc3c2c1.[Ir].[c-]1ccccc1-c1ccccn1. The number of benzene rings is 4. The number of nitrogens with zero attached hydrogens (tertiary/aromatic N) is 2. The van der Waals surface area contributed by atoms with E-state index in [9.17, 15) is 0 Å². The average molecular weight is 723 g/mol. The van der Waals surface area contributed by atoms with Gasteiger partial charge in [-0.3, -0.25) is 0 Å². The molecule has 3 heterocycles. The average Bonchev–Trinajstić information content (AvgIpc) is 3.70. The molecule has 0 atom stereocenters. The molecule has 1 aliphatic rings. The van der Waals surface area contributed by atoms with Crippen LogP contribution in [0.4, 0.5) is 0 Å². The van der Waals surface area contributed by atoms with Crippen molar-refractivity contribution in [1.82, 2.24) is 9.97 Å². The predicted molar refractivity (Wildman–Crippen MR) is 168 cm³/mol. The van der Waals surface area contributed by atoms with Crippen molar-refractivity contribution in [2.24, 2.45) is 0 Å². The van der Waals surface area contributed by atoms with Gasteiger partial charge in [0.05, 0.1) is 5.58 Å². The van der Waals surface area contributed by atoms with Crippen LogP contribution in [0.15, 0.2) is 114 Å². The fourth-order valence-electron chi connectivity index (χ4n) is 6.12. The molecule has 3 nitrogen and oxygen atoms in total. The van der Waals surface area contributed by atoms with Gasteiger partial charge in [0.25, 0.3) is 0 Å². The number of furan rings is 1. The zero-order valence-corrected chi connectivity index (χ0v) is 25.8. The first-order valence-electron chi connectivity index (χ1n) is 14.4. The molecule has 209 valence electrons. The fraction of sp³-hybridized carbons (Fsp3) is 0.158. The zero-order chi connectivity index (χ0) is 27.6. The number of hydrogen-bond acceptors (Lipinski definition) is 3. The number of hydrogen-bond donors (Lipinski definition) is 0. The summed E-state index contributed by atoms with van der Waals surface area (Å²) in [5.41, 5.74) is 8.23. The smallest absolute Gasteiger partial charge is 0.120 e. The first-order chi connectivity index (χ1) is 20.3. The van der Waals surface area contributed by atoms with Gasteiger partial charge in [-0.1, -0.05) is 85.3 Å². The Morgan fingerprint density at radius 2 is 1.50 bits per heavy atom. The summed E-state index contributed by atoms with van der Waals surface area (Å²) in [6.07, 6.45) is 9.09. The van der Waals surface area contributed by atoms with Crippen molar-refractivity contribution in [2.75, 3.05) is 0 Å². The van der Waals surface area contributed by atoms with Crippen molar-refractivity contribution in [3.8, 4) is 22.5 Å². The van der Waals surface area contributed by atoms with Gasteiger partial charge in [-0.05, 0) is 58.6 Å². The third-order valence-electron chi connectivity index (χ3n) is 8.05. The third kappa shape index (κ3) is 5.41. The van der Waals surface area contributed by atoms with E-state index in [0.717, 1.165) is 50.0 Å². The van der Waals surface area contributed by atoms with Gasteiger partial charge in [-0.2, -0.15) is 0 Å². The van der Waals surface area contributed by atoms with Gasteiger partial charge in [0, 0.05) is 37.9 Å². The van der Waals surface area contributed by atoms with Crippen LogP contribution < -0.4 is 0 Å². The third-order valence-corrected chi connectivity index (χ3v) is 8.05. The molecule has 1 fully saturated rings. The second-order valence-electron chi connectivity index (χ2n) is 10.7. The van der Waals surface area contributed by atoms with Crippen molar-refractivity contribution in [1.29, 1.82) is 0 Å². The first kappa shape index (κ1) is 28.0. The second-order valence-corrected chi connectivity index (χ2v) is 10.7. The maximum atomic E-state index is 6.30. The standard InChI is InChI=1S/C27H22NO.C11H8N.Ir/c1-17-14-22-20-11-6-7-13-25(20)29-27(22)23(15-17)26-21-12-5-4-10-19(21)24(16-28-26)18-8-2-3-9-18;1-2-6-10(7-3-1)11-8-4-5-9-12-11;/h4-7,10-14,16,18H,2-3,8-9H2,1H3;1-6,8-9H;/q2*-1;. The van der Waals surface area contributed by atoms with Crippen LogP contribution in [0, 0.1) is 19.1 Å². The van der Waals surface area contributed by atoms with E-state index in [1.807, 2.05) is 54.6 Å². The predicted octanol–water partition coefficient (Wildman–Crippen LogP) is 10.1. The van der Waals surface area contributed by atoms with Crippen LogP contribution >= 0.6 is 0 Å². The zero-order valence-electron chi connectivity index (χ0n) is 23.4. The summed E-state index contributed by atoms with van der Waals surface area (Å²) in [6.45, 7) is 2.10. The summed E-state index contributed by atoms with van der Waals surface area (Å²) in [6, 6.07) is 39.5. The summed E-state index contributed by atoms with van der Waals surface area (Å²) in [7, 11) is 0. The molecule has 7 aromatic rings. The molecule has 3 aromatic heterocycles. The number of aromatic nitrogens is 2. The molecule has 4 heteroatoms. The minimum absolute atomic E-state index is 0. The van der Waals surface area contributed by atoms with Crippen LogP contribution in [-0.4, -0.2) is 9.97 Å². The number of para-hydroxylation sites is 1. The Hall–Kier alpha value is -4.11. The van der Waals surface area contributed by atoms with Crippen LogP contribution in [0.5, 0.6) is 0 Å². The van der Waals surface area contributed by atoms with Crippen LogP contribution in [0.25, 0.3) is 55.2 Å². The monoisotopic (exact) mass is 723 g/mol. The molecule has 0 spiro atoms. The Balaban J connectivity index is 0.000000205. The van der Waals surface area contributed by atoms with Crippen molar-refractivity contribution in [3.05, 3.63) is 133 Å². The van der Waals surface area contributed by atoms with Crippen LogP contribution in [0.1, 0.15) is 42.7 Å². The van der Waals surface area contributed by atoms with Gasteiger partial charge in [-0.15, -0.1) is 53.6 Å². The quantitative estimate of drug-likeness (QED) is 0.171. The summed E-state index contributed by atoms with van der Waals surface area (Å²) in [4.78, 5) is 9.21. The Morgan fingerprint density at radius 1 is 0.762 bits per heavy atom. The molecule has 1 aliphatic carbocycles. The number of fused-ring (bicyclic) bond motifs is 4. The normalized spacial score (nSPS) is 13.2. The first-order valence-corrected chi connectivity index (χ1v) is 14.4. The van der Waals surface area contributed by atoms with Gasteiger partial charge >= 0.3 is 0 Å². The van der Waals surface area contributed by atoms with E-state index in [-0.39, 0.29) is 20.1 Å². The van der Waals surface area contributed by atoms with Gasteiger partial charge < -0.3 is 14.4 Å². The Morgan fingerprint density at radius 3 is 2.26 bits per heavy atom. The van der Waals surface area contributed by atoms with Crippen LogP contribution in [-0.2, 0) is 20.1 Å². The van der Waals surface area contributed by atoms with Crippen molar-refractivity contribution in [2.45, 2.75) is 38.5 Å². The van der Waals surface area contributed by atoms with E-state index in [2.05, 4.69) is 72.7 Å². The summed E-state index contributed by atoms with van der Waals surface area (Å²) in [5, 5.41) is 4.80. The maximum Gasteiger partial charge on any atom is 0.120 e. The Bertz CT molecular complexity index is 1920. The Kier molecular flexibility index (Phi) is 8.28. The van der Waals surface area contributed by atoms with E-state index in [1.165, 1.54) is 42.0 Å². The van der Waals surface area contributed by atoms with Gasteiger partial charge in [0.1, 0.15) is 5.58 Å². The van der Waals surface area contributed by atoms with Crippen molar-refractivity contribution >= 4 is 32.7 Å². The van der Waals surface area contributed by atoms with Gasteiger partial charge in [0.15, 0.2) is 0 Å². The fourth-order valence-corrected chi connectivity index (χ4v) is 6.12. The van der Waals surface area contributed by atoms with Crippen molar-refractivity contribution < 1.29 is 24.5 Å². The van der Waals surface area contributed by atoms with E-state index in [0.29, 0.717) is 5.92 Å². The maximum absolute atomic E-state index is 6.30. The second kappa shape index (κ2) is 12.4. The molecule has 4 aromatic carbocycles. The topological polar surface area (TPSA) is 38.9 Å². The molecular weight excluding hydrogens is 693 g/mol. The summed E-state index contributed by atoms with van der Waals surface area (Å²) < 4.78 is 6.30. The molecule has 8 rings (SSSR count). The largest absolute Gasteiger partial charge is 0.501 e. The summed E-state index contributed by atoms with van der Waals surface area (Å²) in [5.74, 6) is 0.633. The van der Waals surface area contributed by atoms with E-state index in [1.54, 1.807) is 6.20 Å². The molecule has 0 N–H and O–H groups in total. The molecule has 0 saturated heterocycles. The molecular formula is C38H30IrN2O-2. The number of aryl methyl sites for hydroxylation is 1. The van der Waals surface area contributed by atoms with Crippen LogP contribution in [0.3, 0.4) is 0 Å². The summed E-state index contributed by atoms with van der Waals surface area (Å²) >= 11 is 0. The molecule has 1 saturated carbocycles. The van der Waals surface area contributed by atoms with Gasteiger partial charge in [0.2, 0.25) is 0 Å². The van der Waals surface area contributed by atoms with E-state index in [4.69, 9.17) is 9.40 Å².